The van der Waals surface area contributed by atoms with Crippen molar-refractivity contribution in [1.82, 2.24) is 14.7 Å². The van der Waals surface area contributed by atoms with Crippen LogP contribution in [-0.2, 0) is 16.0 Å². The number of carbonyl (C=O) groups excluding carboxylic acids is 3. The predicted molar refractivity (Wildman–Crippen MR) is 98.8 cm³/mol. The van der Waals surface area contributed by atoms with Crippen LogP contribution in [0.15, 0.2) is 24.3 Å². The number of likely N-dealkylation sites (N-methyl/N-ethyl adjacent to an activating group) is 1. The SMILES string of the molecule is CCc1ccc(NC(=O)N2CCC(N3CCN(C)C(=O)C3=O)CC2)cc1. The zero-order chi connectivity index (χ0) is 18.7. The Kier molecular flexibility index (Phi) is 5.44. The summed E-state index contributed by atoms with van der Waals surface area (Å²) in [5, 5.41) is 2.92. The van der Waals surface area contributed by atoms with Gasteiger partial charge in [0, 0.05) is 45.0 Å². The summed E-state index contributed by atoms with van der Waals surface area (Å²) in [6.45, 7) is 4.39. The Morgan fingerprint density at radius 2 is 1.69 bits per heavy atom. The van der Waals surface area contributed by atoms with Gasteiger partial charge in [0.05, 0.1) is 0 Å². The van der Waals surface area contributed by atoms with Gasteiger partial charge in [0.15, 0.2) is 0 Å². The van der Waals surface area contributed by atoms with E-state index in [4.69, 9.17) is 0 Å². The van der Waals surface area contributed by atoms with Gasteiger partial charge in [-0.3, -0.25) is 9.59 Å². The smallest absolute Gasteiger partial charge is 0.321 e. The molecule has 0 aliphatic carbocycles. The van der Waals surface area contributed by atoms with Crippen molar-refractivity contribution in [3.63, 3.8) is 0 Å². The van der Waals surface area contributed by atoms with E-state index in [-0.39, 0.29) is 12.1 Å². The molecule has 7 nitrogen and oxygen atoms in total. The largest absolute Gasteiger partial charge is 0.336 e. The Morgan fingerprint density at radius 3 is 2.31 bits per heavy atom. The summed E-state index contributed by atoms with van der Waals surface area (Å²) in [7, 11) is 1.65. The first-order valence-electron chi connectivity index (χ1n) is 9.20. The minimum absolute atomic E-state index is 0.0352. The van der Waals surface area contributed by atoms with Crippen molar-refractivity contribution in [3.05, 3.63) is 29.8 Å². The van der Waals surface area contributed by atoms with Crippen LogP contribution in [0.5, 0.6) is 0 Å². The highest BCUT2D eigenvalue weighted by Crippen LogP contribution is 2.20. The number of carbonyl (C=O) groups is 3. The molecule has 140 valence electrons. The van der Waals surface area contributed by atoms with E-state index in [0.29, 0.717) is 39.0 Å². The number of benzene rings is 1. The number of urea groups is 1. The molecule has 0 bridgehead atoms. The lowest BCUT2D eigenvalue weighted by Gasteiger charge is -2.41. The van der Waals surface area contributed by atoms with Crippen LogP contribution in [0.2, 0.25) is 0 Å². The summed E-state index contributed by atoms with van der Waals surface area (Å²) in [6.07, 6.45) is 2.37. The molecule has 0 saturated carbocycles. The number of nitrogens with zero attached hydrogens (tertiary/aromatic N) is 3. The van der Waals surface area contributed by atoms with Crippen molar-refractivity contribution in [2.75, 3.05) is 38.5 Å². The van der Waals surface area contributed by atoms with Crippen LogP contribution in [0.3, 0.4) is 0 Å². The zero-order valence-electron chi connectivity index (χ0n) is 15.4. The van der Waals surface area contributed by atoms with Crippen molar-refractivity contribution < 1.29 is 14.4 Å². The normalized spacial score (nSPS) is 19.1. The fourth-order valence-electron chi connectivity index (χ4n) is 3.50. The highest BCUT2D eigenvalue weighted by atomic mass is 16.2. The molecule has 7 heteroatoms. The molecule has 1 aromatic rings. The molecule has 2 aliphatic rings. The molecule has 26 heavy (non-hydrogen) atoms. The lowest BCUT2D eigenvalue weighted by molar-refractivity contribution is -0.157. The van der Waals surface area contributed by atoms with Gasteiger partial charge in [-0.25, -0.2) is 4.79 Å². The minimum atomic E-state index is -0.438. The standard InChI is InChI=1S/C19H26N4O3/c1-3-14-4-6-15(7-5-14)20-19(26)22-10-8-16(9-11-22)23-13-12-21(2)17(24)18(23)25/h4-7,16H,3,8-13H2,1-2H3,(H,20,26). The van der Waals surface area contributed by atoms with Gasteiger partial charge >= 0.3 is 17.8 Å². The quantitative estimate of drug-likeness (QED) is 0.833. The summed E-state index contributed by atoms with van der Waals surface area (Å²) >= 11 is 0. The predicted octanol–water partition coefficient (Wildman–Crippen LogP) is 1.55. The van der Waals surface area contributed by atoms with E-state index in [1.807, 2.05) is 24.3 Å². The maximum Gasteiger partial charge on any atom is 0.321 e. The van der Waals surface area contributed by atoms with Crippen LogP contribution in [0.25, 0.3) is 0 Å². The Hall–Kier alpha value is -2.57. The second-order valence-electron chi connectivity index (χ2n) is 6.92. The summed E-state index contributed by atoms with van der Waals surface area (Å²) in [4.78, 5) is 41.4. The molecule has 2 heterocycles. The van der Waals surface area contributed by atoms with E-state index in [2.05, 4.69) is 12.2 Å². The molecule has 0 aromatic heterocycles. The van der Waals surface area contributed by atoms with Crippen LogP contribution in [-0.4, -0.2) is 71.8 Å². The molecule has 0 atom stereocenters. The monoisotopic (exact) mass is 358 g/mol. The second kappa shape index (κ2) is 7.76. The van der Waals surface area contributed by atoms with Gasteiger partial charge in [0.1, 0.15) is 0 Å². The zero-order valence-corrected chi connectivity index (χ0v) is 15.4. The van der Waals surface area contributed by atoms with E-state index in [0.717, 1.165) is 12.1 Å². The van der Waals surface area contributed by atoms with Crippen molar-refractivity contribution in [3.8, 4) is 0 Å². The molecule has 1 N–H and O–H groups in total. The Morgan fingerprint density at radius 1 is 1.04 bits per heavy atom. The average molecular weight is 358 g/mol. The first-order valence-corrected chi connectivity index (χ1v) is 9.20. The lowest BCUT2D eigenvalue weighted by Crippen LogP contribution is -2.58. The van der Waals surface area contributed by atoms with Crippen LogP contribution < -0.4 is 5.32 Å². The van der Waals surface area contributed by atoms with Crippen molar-refractivity contribution in [1.29, 1.82) is 0 Å². The molecule has 0 spiro atoms. The van der Waals surface area contributed by atoms with Gasteiger partial charge in [-0.15, -0.1) is 0 Å². The Balaban J connectivity index is 1.52. The third-order valence-corrected chi connectivity index (χ3v) is 5.27. The number of piperazine rings is 1. The second-order valence-corrected chi connectivity index (χ2v) is 6.92. The number of hydrogen-bond acceptors (Lipinski definition) is 3. The van der Waals surface area contributed by atoms with Gasteiger partial charge in [-0.05, 0) is 37.0 Å². The van der Waals surface area contributed by atoms with Gasteiger partial charge in [0.2, 0.25) is 0 Å². The van der Waals surface area contributed by atoms with E-state index in [1.54, 1.807) is 16.8 Å². The highest BCUT2D eigenvalue weighted by Gasteiger charge is 2.36. The molecule has 4 amide bonds. The number of aryl methyl sites for hydroxylation is 1. The summed E-state index contributed by atoms with van der Waals surface area (Å²) in [5.74, 6) is -0.857. The van der Waals surface area contributed by atoms with Crippen molar-refractivity contribution >= 4 is 23.5 Å². The molecule has 2 aliphatic heterocycles. The molecule has 2 fully saturated rings. The number of piperidine rings is 1. The summed E-state index contributed by atoms with van der Waals surface area (Å²) in [6, 6.07) is 7.77. The molecule has 1 aromatic carbocycles. The molecule has 0 radical (unpaired) electrons. The molecule has 2 saturated heterocycles. The van der Waals surface area contributed by atoms with E-state index >= 15 is 0 Å². The molecule has 0 unspecified atom stereocenters. The molecular weight excluding hydrogens is 332 g/mol. The first-order chi connectivity index (χ1) is 12.5. The van der Waals surface area contributed by atoms with Crippen molar-refractivity contribution in [2.24, 2.45) is 0 Å². The van der Waals surface area contributed by atoms with Crippen molar-refractivity contribution in [2.45, 2.75) is 32.2 Å². The van der Waals surface area contributed by atoms with E-state index in [1.165, 1.54) is 10.5 Å². The lowest BCUT2D eigenvalue weighted by atomic mass is 10.0. The average Bonchev–Trinajstić information content (AvgIpc) is 2.67. The topological polar surface area (TPSA) is 73.0 Å². The summed E-state index contributed by atoms with van der Waals surface area (Å²) in [5.41, 5.74) is 2.02. The highest BCUT2D eigenvalue weighted by molar-refractivity contribution is 6.35. The van der Waals surface area contributed by atoms with Gasteiger partial charge in [-0.2, -0.15) is 0 Å². The van der Waals surface area contributed by atoms with Crippen LogP contribution >= 0.6 is 0 Å². The van der Waals surface area contributed by atoms with Crippen LogP contribution in [0.1, 0.15) is 25.3 Å². The number of nitrogens with one attached hydrogen (secondary N) is 1. The third kappa shape index (κ3) is 3.81. The first kappa shape index (κ1) is 18.2. The maximum absolute atomic E-state index is 12.4. The molecular formula is C19H26N4O3. The number of likely N-dealkylation sites (tertiary alicyclic amines) is 1. The fraction of sp³-hybridized carbons (Fsp3) is 0.526. The minimum Gasteiger partial charge on any atom is -0.336 e. The van der Waals surface area contributed by atoms with E-state index < -0.39 is 11.8 Å². The van der Waals surface area contributed by atoms with Gasteiger partial charge in [0.25, 0.3) is 0 Å². The molecule has 3 rings (SSSR count). The third-order valence-electron chi connectivity index (χ3n) is 5.27. The summed E-state index contributed by atoms with van der Waals surface area (Å²) < 4.78 is 0. The van der Waals surface area contributed by atoms with E-state index in [9.17, 15) is 14.4 Å². The number of amides is 4. The number of hydrogen-bond donors (Lipinski definition) is 1. The number of anilines is 1. The maximum atomic E-state index is 12.4. The van der Waals surface area contributed by atoms with Gasteiger partial charge in [-0.1, -0.05) is 19.1 Å². The Bertz CT molecular complexity index is 681. The van der Waals surface area contributed by atoms with Gasteiger partial charge < -0.3 is 20.0 Å². The Labute approximate surface area is 153 Å². The fourth-order valence-corrected chi connectivity index (χ4v) is 3.50. The van der Waals surface area contributed by atoms with Crippen LogP contribution in [0.4, 0.5) is 10.5 Å². The number of rotatable bonds is 3. The van der Waals surface area contributed by atoms with Crippen LogP contribution in [0, 0.1) is 0 Å².